The van der Waals surface area contributed by atoms with Gasteiger partial charge < -0.3 is 4.74 Å². The van der Waals surface area contributed by atoms with Crippen LogP contribution < -0.4 is 0 Å². The number of aryl methyl sites for hydroxylation is 1. The highest BCUT2D eigenvalue weighted by atomic mass is 32.1. The van der Waals surface area contributed by atoms with Gasteiger partial charge in [-0.3, -0.25) is 9.25 Å². The number of thiophene rings is 1. The van der Waals surface area contributed by atoms with Crippen molar-refractivity contribution in [2.75, 3.05) is 0 Å². The van der Waals surface area contributed by atoms with Crippen molar-refractivity contribution in [3.63, 3.8) is 0 Å². The molecular weight excluding hydrogens is 434 g/mol. The highest BCUT2D eigenvalue weighted by Crippen LogP contribution is 2.30. The Labute approximate surface area is 185 Å². The van der Waals surface area contributed by atoms with Crippen molar-refractivity contribution >= 4 is 38.6 Å². The Bertz CT molecular complexity index is 1420. The molecule has 0 N–H and O–H groups in total. The fourth-order valence-corrected chi connectivity index (χ4v) is 4.75. The van der Waals surface area contributed by atoms with Gasteiger partial charge in [0.2, 0.25) is 0 Å². The van der Waals surface area contributed by atoms with E-state index in [1.165, 1.54) is 11.3 Å². The normalized spacial score (nSPS) is 11.6. The number of imidazole rings is 1. The van der Waals surface area contributed by atoms with Gasteiger partial charge in [0.25, 0.3) is 0 Å². The number of carbonyl (C=O) groups is 1. The molecule has 162 valence electrons. The third-order valence-corrected chi connectivity index (χ3v) is 6.31. The lowest BCUT2D eigenvalue weighted by Crippen LogP contribution is -2.10. The molecule has 0 aliphatic carbocycles. The molecule has 0 aliphatic heterocycles. The number of para-hydroxylation sites is 2. The standard InChI is InChI=1S/C23H18F2N4O2S/c1-14-16-11-19(32-21(16)28(27-14)12-15-7-3-2-4-8-15)22(30)31-13-20-26-17-9-5-6-10-18(17)29(20)23(24)25/h2-11,23H,12-13H2,1H3. The molecule has 5 rings (SSSR count). The summed E-state index contributed by atoms with van der Waals surface area (Å²) in [6, 6.07) is 18.2. The van der Waals surface area contributed by atoms with E-state index in [-0.39, 0.29) is 12.4 Å². The maximum atomic E-state index is 13.6. The van der Waals surface area contributed by atoms with Crippen LogP contribution in [0.4, 0.5) is 8.78 Å². The minimum Gasteiger partial charge on any atom is -0.453 e. The van der Waals surface area contributed by atoms with E-state index >= 15 is 0 Å². The predicted molar refractivity (Wildman–Crippen MR) is 118 cm³/mol. The SMILES string of the molecule is Cc1nn(Cc2ccccc2)c2sc(C(=O)OCc3nc4ccccc4n3C(F)F)cc12. The molecule has 0 spiro atoms. The lowest BCUT2D eigenvalue weighted by molar-refractivity contribution is 0.0392. The molecule has 0 saturated carbocycles. The van der Waals surface area contributed by atoms with Crippen LogP contribution in [0.2, 0.25) is 0 Å². The van der Waals surface area contributed by atoms with Crippen LogP contribution in [0.1, 0.15) is 33.3 Å². The average Bonchev–Trinajstić information content (AvgIpc) is 3.46. The zero-order valence-electron chi connectivity index (χ0n) is 17.0. The van der Waals surface area contributed by atoms with Crippen molar-refractivity contribution in [3.8, 4) is 0 Å². The van der Waals surface area contributed by atoms with Crippen LogP contribution in [0, 0.1) is 6.92 Å². The van der Waals surface area contributed by atoms with Crippen molar-refractivity contribution in [1.82, 2.24) is 19.3 Å². The quantitative estimate of drug-likeness (QED) is 0.317. The van der Waals surface area contributed by atoms with E-state index in [4.69, 9.17) is 4.74 Å². The Hall–Kier alpha value is -3.59. The van der Waals surface area contributed by atoms with Crippen molar-refractivity contribution in [2.24, 2.45) is 0 Å². The summed E-state index contributed by atoms with van der Waals surface area (Å²) in [5, 5.41) is 5.45. The number of fused-ring (bicyclic) bond motifs is 2. The minimum absolute atomic E-state index is 0.00194. The van der Waals surface area contributed by atoms with E-state index in [0.717, 1.165) is 26.0 Å². The lowest BCUT2D eigenvalue weighted by atomic mass is 10.2. The third kappa shape index (κ3) is 3.64. The first-order chi connectivity index (χ1) is 15.5. The molecule has 3 heterocycles. The van der Waals surface area contributed by atoms with Crippen molar-refractivity contribution in [3.05, 3.63) is 82.6 Å². The molecule has 32 heavy (non-hydrogen) atoms. The Morgan fingerprint density at radius 2 is 1.88 bits per heavy atom. The number of alkyl halides is 2. The van der Waals surface area contributed by atoms with E-state index in [1.54, 1.807) is 30.3 Å². The number of carbonyl (C=O) groups excluding carboxylic acids is 1. The molecule has 2 aromatic carbocycles. The molecule has 0 fully saturated rings. The number of hydrogen-bond donors (Lipinski definition) is 0. The van der Waals surface area contributed by atoms with Gasteiger partial charge in [0.05, 0.1) is 23.3 Å². The summed E-state index contributed by atoms with van der Waals surface area (Å²) in [6.45, 7) is -0.664. The first kappa shape index (κ1) is 20.3. The Kier molecular flexibility index (Phi) is 5.18. The van der Waals surface area contributed by atoms with E-state index in [1.807, 2.05) is 41.9 Å². The number of halogens is 2. The first-order valence-corrected chi connectivity index (χ1v) is 10.7. The van der Waals surface area contributed by atoms with Crippen molar-refractivity contribution in [1.29, 1.82) is 0 Å². The zero-order valence-corrected chi connectivity index (χ0v) is 17.9. The first-order valence-electron chi connectivity index (χ1n) is 9.93. The van der Waals surface area contributed by atoms with E-state index in [2.05, 4.69) is 10.1 Å². The summed E-state index contributed by atoms with van der Waals surface area (Å²) < 4.78 is 35.2. The van der Waals surface area contributed by atoms with Gasteiger partial charge in [0.15, 0.2) is 5.82 Å². The van der Waals surface area contributed by atoms with Gasteiger partial charge in [-0.05, 0) is 30.7 Å². The maximum Gasteiger partial charge on any atom is 0.348 e. The Morgan fingerprint density at radius 1 is 1.12 bits per heavy atom. The van der Waals surface area contributed by atoms with Crippen LogP contribution in [0.3, 0.4) is 0 Å². The topological polar surface area (TPSA) is 61.9 Å². The highest BCUT2D eigenvalue weighted by molar-refractivity contribution is 7.20. The molecule has 6 nitrogen and oxygen atoms in total. The second-order valence-corrected chi connectivity index (χ2v) is 8.33. The number of nitrogens with zero attached hydrogens (tertiary/aromatic N) is 4. The molecule has 0 atom stereocenters. The second kappa shape index (κ2) is 8.16. The summed E-state index contributed by atoms with van der Waals surface area (Å²) >= 11 is 1.27. The van der Waals surface area contributed by atoms with E-state index < -0.39 is 12.5 Å². The van der Waals surface area contributed by atoms with Crippen LogP contribution in [0.5, 0.6) is 0 Å². The van der Waals surface area contributed by atoms with Gasteiger partial charge in [0, 0.05) is 5.39 Å². The number of ether oxygens (including phenoxy) is 1. The lowest BCUT2D eigenvalue weighted by Gasteiger charge is -2.08. The monoisotopic (exact) mass is 452 g/mol. The van der Waals surface area contributed by atoms with Gasteiger partial charge in [0.1, 0.15) is 16.3 Å². The smallest absolute Gasteiger partial charge is 0.348 e. The molecule has 0 unspecified atom stereocenters. The van der Waals surface area contributed by atoms with Crippen LogP contribution in [0.25, 0.3) is 21.3 Å². The van der Waals surface area contributed by atoms with E-state index in [9.17, 15) is 13.6 Å². The number of hydrogen-bond acceptors (Lipinski definition) is 5. The third-order valence-electron chi connectivity index (χ3n) is 5.18. The van der Waals surface area contributed by atoms with Crippen LogP contribution in [-0.4, -0.2) is 25.3 Å². The maximum absolute atomic E-state index is 13.6. The molecule has 9 heteroatoms. The second-order valence-electron chi connectivity index (χ2n) is 7.30. The molecule has 0 radical (unpaired) electrons. The van der Waals surface area contributed by atoms with Gasteiger partial charge >= 0.3 is 12.5 Å². The fourth-order valence-electron chi connectivity index (χ4n) is 3.69. The highest BCUT2D eigenvalue weighted by Gasteiger charge is 2.21. The van der Waals surface area contributed by atoms with Crippen LogP contribution >= 0.6 is 11.3 Å². The van der Waals surface area contributed by atoms with Crippen LogP contribution in [0.15, 0.2) is 60.7 Å². The molecule has 0 bridgehead atoms. The van der Waals surface area contributed by atoms with Crippen LogP contribution in [-0.2, 0) is 17.9 Å². The minimum atomic E-state index is -2.79. The van der Waals surface area contributed by atoms with E-state index in [0.29, 0.717) is 22.5 Å². The predicted octanol–water partition coefficient (Wildman–Crippen LogP) is 5.56. The van der Waals surface area contributed by atoms with Crippen molar-refractivity contribution < 1.29 is 18.3 Å². The number of aromatic nitrogens is 4. The number of rotatable bonds is 6. The average molecular weight is 452 g/mol. The molecule has 3 aromatic heterocycles. The molecule has 5 aromatic rings. The zero-order chi connectivity index (χ0) is 22.2. The summed E-state index contributed by atoms with van der Waals surface area (Å²) in [4.78, 5) is 18.1. The summed E-state index contributed by atoms with van der Waals surface area (Å²) in [5.74, 6) is -0.577. The summed E-state index contributed by atoms with van der Waals surface area (Å²) in [6.07, 6.45) is 0. The number of esters is 1. The number of benzene rings is 2. The summed E-state index contributed by atoms with van der Waals surface area (Å²) in [5.41, 5.74) is 2.63. The van der Waals surface area contributed by atoms with Crippen molar-refractivity contribution in [2.45, 2.75) is 26.6 Å². The molecule has 0 saturated heterocycles. The molecule has 0 aliphatic rings. The van der Waals surface area contributed by atoms with Gasteiger partial charge in [-0.2, -0.15) is 13.9 Å². The molecular formula is C23H18F2N4O2S. The van der Waals surface area contributed by atoms with Gasteiger partial charge in [-0.25, -0.2) is 9.78 Å². The summed E-state index contributed by atoms with van der Waals surface area (Å²) in [7, 11) is 0. The Morgan fingerprint density at radius 3 is 2.66 bits per heavy atom. The van der Waals surface area contributed by atoms with Gasteiger partial charge in [-0.15, -0.1) is 11.3 Å². The van der Waals surface area contributed by atoms with Gasteiger partial charge in [-0.1, -0.05) is 42.5 Å². The molecule has 0 amide bonds. The fraction of sp³-hybridized carbons (Fsp3) is 0.174. The Balaban J connectivity index is 1.38. The largest absolute Gasteiger partial charge is 0.453 e.